The van der Waals surface area contributed by atoms with Crippen LogP contribution in [0.5, 0.6) is 0 Å². The first-order valence-corrected chi connectivity index (χ1v) is 9.60. The number of hydrogen-bond donors (Lipinski definition) is 2. The van der Waals surface area contributed by atoms with Crippen molar-refractivity contribution in [3.63, 3.8) is 0 Å². The van der Waals surface area contributed by atoms with E-state index in [1.165, 1.54) is 0 Å². The molecule has 4 nitrogen and oxygen atoms in total. The molecule has 0 heterocycles. The molecule has 2 rings (SSSR count). The van der Waals surface area contributed by atoms with Gasteiger partial charge in [0.25, 0.3) is 0 Å². The van der Waals surface area contributed by atoms with Gasteiger partial charge in [-0.25, -0.2) is 0 Å². The Bertz CT molecular complexity index is 593. The smallest absolute Gasteiger partial charge is 0.244 e. The highest BCUT2D eigenvalue weighted by Gasteiger charge is 2.35. The second-order valence-electron chi connectivity index (χ2n) is 7.47. The van der Waals surface area contributed by atoms with Gasteiger partial charge in [-0.2, -0.15) is 0 Å². The predicted molar refractivity (Wildman–Crippen MR) is 104 cm³/mol. The summed E-state index contributed by atoms with van der Waals surface area (Å²) in [5, 5.41) is 2.94. The third-order valence-electron chi connectivity index (χ3n) is 4.36. The second-order valence-corrected chi connectivity index (χ2v) is 9.68. The fourth-order valence-corrected chi connectivity index (χ4v) is 3.69. The zero-order valence-corrected chi connectivity index (χ0v) is 16.4. The normalized spacial score (nSPS) is 18.3. The Labute approximate surface area is 153 Å². The van der Waals surface area contributed by atoms with E-state index in [2.05, 4.69) is 5.32 Å². The minimum atomic E-state index is -0.959. The van der Waals surface area contributed by atoms with E-state index in [4.69, 9.17) is 5.73 Å². The van der Waals surface area contributed by atoms with E-state index in [-0.39, 0.29) is 23.1 Å². The molecule has 136 valence electrons. The van der Waals surface area contributed by atoms with Gasteiger partial charge in [0.1, 0.15) is 0 Å². The molecule has 1 fully saturated rings. The van der Waals surface area contributed by atoms with Crippen LogP contribution in [0, 0.1) is 0 Å². The largest absolute Gasteiger partial charge is 0.324 e. The van der Waals surface area contributed by atoms with Gasteiger partial charge < -0.3 is 11.1 Å². The Morgan fingerprint density at radius 1 is 1.25 bits per heavy atom. The Morgan fingerprint density at radius 3 is 2.46 bits per heavy atom. The van der Waals surface area contributed by atoms with Crippen molar-refractivity contribution in [3.8, 4) is 0 Å². The van der Waals surface area contributed by atoms with Crippen LogP contribution < -0.4 is 11.1 Å². The average Bonchev–Trinajstić information content (AvgIpc) is 2.47. The summed E-state index contributed by atoms with van der Waals surface area (Å²) in [5.41, 5.74) is 7.21. The molecule has 0 bridgehead atoms. The van der Waals surface area contributed by atoms with Gasteiger partial charge in [0.15, 0.2) is 0 Å². The van der Waals surface area contributed by atoms with Crippen molar-refractivity contribution in [2.75, 3.05) is 5.32 Å². The summed E-state index contributed by atoms with van der Waals surface area (Å²) in [7, 11) is -0.959. The summed E-state index contributed by atoms with van der Waals surface area (Å²) in [6.07, 6.45) is 4.66. The molecule has 0 spiro atoms. The molecular weight excluding hydrogens is 344 g/mol. The molecule has 3 N–H and O–H groups in total. The number of nitrogens with two attached hydrogens (primary N) is 1. The number of halogens is 1. The van der Waals surface area contributed by atoms with Gasteiger partial charge in [0.05, 0.1) is 5.54 Å². The van der Waals surface area contributed by atoms with Gasteiger partial charge in [-0.1, -0.05) is 31.4 Å². The Hall–Kier alpha value is -0.910. The van der Waals surface area contributed by atoms with Crippen LogP contribution in [-0.2, 0) is 21.3 Å². The number of amides is 1. The van der Waals surface area contributed by atoms with Crippen LogP contribution in [0.1, 0.15) is 58.4 Å². The molecule has 0 radical (unpaired) electrons. The highest BCUT2D eigenvalue weighted by molar-refractivity contribution is 7.85. The van der Waals surface area contributed by atoms with E-state index in [1.807, 2.05) is 45.0 Å². The lowest BCUT2D eigenvalue weighted by atomic mass is 9.82. The number of hydrogen-bond acceptors (Lipinski definition) is 3. The third-order valence-corrected chi connectivity index (χ3v) is 6.33. The van der Waals surface area contributed by atoms with Crippen LogP contribution in [0.3, 0.4) is 0 Å². The molecule has 6 heteroatoms. The maximum atomic E-state index is 12.5. The maximum Gasteiger partial charge on any atom is 0.244 e. The third kappa shape index (κ3) is 5.57. The Kier molecular flexibility index (Phi) is 7.44. The van der Waals surface area contributed by atoms with Gasteiger partial charge in [-0.05, 0) is 51.3 Å². The van der Waals surface area contributed by atoms with E-state index in [9.17, 15) is 9.00 Å². The molecule has 1 aliphatic carbocycles. The SMILES string of the molecule is CC(C)(C)S(=O)Cc1cccc(NC(=O)C2(N)CCCCC2)c1.Cl. The molecule has 0 aromatic heterocycles. The van der Waals surface area contributed by atoms with Crippen molar-refractivity contribution in [3.05, 3.63) is 29.8 Å². The number of nitrogens with one attached hydrogen (secondary N) is 1. The summed E-state index contributed by atoms with van der Waals surface area (Å²) in [5.74, 6) is 0.382. The van der Waals surface area contributed by atoms with E-state index >= 15 is 0 Å². The standard InChI is InChI=1S/C18H28N2O2S.ClH/c1-17(2,3)23(22)13-14-8-7-9-15(12-14)20-16(21)18(19)10-5-4-6-11-18;/h7-9,12H,4-6,10-11,13,19H2,1-3H3,(H,20,21);1H. The molecule has 0 aliphatic heterocycles. The van der Waals surface area contributed by atoms with E-state index < -0.39 is 16.3 Å². The molecule has 1 amide bonds. The van der Waals surface area contributed by atoms with Crippen LogP contribution in [0.4, 0.5) is 5.69 Å². The number of rotatable bonds is 4. The van der Waals surface area contributed by atoms with Gasteiger partial charge in [0, 0.05) is 27.0 Å². The molecular formula is C18H29ClN2O2S. The fourth-order valence-electron chi connectivity index (χ4n) is 2.77. The molecule has 24 heavy (non-hydrogen) atoms. The first-order valence-electron chi connectivity index (χ1n) is 8.28. The van der Waals surface area contributed by atoms with Crippen LogP contribution in [0.25, 0.3) is 0 Å². The van der Waals surface area contributed by atoms with Crippen molar-refractivity contribution in [1.82, 2.24) is 0 Å². The number of carbonyl (C=O) groups is 1. The van der Waals surface area contributed by atoms with Crippen molar-refractivity contribution in [2.45, 2.75) is 68.9 Å². The number of benzene rings is 1. The highest BCUT2D eigenvalue weighted by Crippen LogP contribution is 2.27. The number of carbonyl (C=O) groups excluding carboxylic acids is 1. The van der Waals surface area contributed by atoms with E-state index in [0.717, 1.165) is 43.4 Å². The Balaban J connectivity index is 0.00000288. The predicted octanol–water partition coefficient (Wildman–Crippen LogP) is 3.76. The van der Waals surface area contributed by atoms with Gasteiger partial charge in [0.2, 0.25) is 5.91 Å². The quantitative estimate of drug-likeness (QED) is 0.845. The number of anilines is 1. The summed E-state index contributed by atoms with van der Waals surface area (Å²) in [6.45, 7) is 5.90. The molecule has 0 saturated heterocycles. The minimum Gasteiger partial charge on any atom is -0.324 e. The van der Waals surface area contributed by atoms with Crippen molar-refractivity contribution in [2.24, 2.45) is 5.73 Å². The molecule has 1 unspecified atom stereocenters. The molecule has 1 saturated carbocycles. The lowest BCUT2D eigenvalue weighted by Crippen LogP contribution is -2.52. The summed E-state index contributed by atoms with van der Waals surface area (Å²) < 4.78 is 12.0. The molecule has 1 atom stereocenters. The van der Waals surface area contributed by atoms with Crippen LogP contribution in [0.15, 0.2) is 24.3 Å². The molecule has 1 aliphatic rings. The van der Waals surface area contributed by atoms with Crippen LogP contribution in [-0.4, -0.2) is 20.4 Å². The average molecular weight is 373 g/mol. The van der Waals surface area contributed by atoms with Crippen molar-refractivity contribution < 1.29 is 9.00 Å². The maximum absolute atomic E-state index is 12.5. The van der Waals surface area contributed by atoms with Gasteiger partial charge >= 0.3 is 0 Å². The zero-order chi connectivity index (χ0) is 17.1. The summed E-state index contributed by atoms with van der Waals surface area (Å²) in [4.78, 5) is 12.5. The highest BCUT2D eigenvalue weighted by atomic mass is 35.5. The van der Waals surface area contributed by atoms with Gasteiger partial charge in [-0.15, -0.1) is 12.4 Å². The topological polar surface area (TPSA) is 72.2 Å². The summed E-state index contributed by atoms with van der Waals surface area (Å²) >= 11 is 0. The first-order chi connectivity index (χ1) is 10.7. The van der Waals surface area contributed by atoms with Crippen LogP contribution >= 0.6 is 12.4 Å². The van der Waals surface area contributed by atoms with Crippen LogP contribution in [0.2, 0.25) is 0 Å². The van der Waals surface area contributed by atoms with E-state index in [1.54, 1.807) is 0 Å². The monoisotopic (exact) mass is 372 g/mol. The molecule has 1 aromatic carbocycles. The minimum absolute atomic E-state index is 0. The van der Waals surface area contributed by atoms with E-state index in [0.29, 0.717) is 5.75 Å². The van der Waals surface area contributed by atoms with Crippen molar-refractivity contribution in [1.29, 1.82) is 0 Å². The first kappa shape index (κ1) is 21.1. The van der Waals surface area contributed by atoms with Gasteiger partial charge in [-0.3, -0.25) is 9.00 Å². The molecule has 1 aromatic rings. The summed E-state index contributed by atoms with van der Waals surface area (Å²) in [6, 6.07) is 7.58. The zero-order valence-electron chi connectivity index (χ0n) is 14.8. The Morgan fingerprint density at radius 2 is 1.88 bits per heavy atom. The fraction of sp³-hybridized carbons (Fsp3) is 0.611. The second kappa shape index (κ2) is 8.45. The lowest BCUT2D eigenvalue weighted by Gasteiger charge is -2.31. The lowest BCUT2D eigenvalue weighted by molar-refractivity contribution is -0.122. The van der Waals surface area contributed by atoms with Crippen molar-refractivity contribution >= 4 is 34.8 Å².